The zero-order chi connectivity index (χ0) is 15.1. The van der Waals surface area contributed by atoms with Crippen LogP contribution in [0.1, 0.15) is 30.9 Å². The first kappa shape index (κ1) is 15.8. The third-order valence-corrected chi connectivity index (χ3v) is 3.51. The first-order valence-electron chi connectivity index (χ1n) is 7.58. The molecule has 0 aromatic heterocycles. The van der Waals surface area contributed by atoms with Gasteiger partial charge in [0.05, 0.1) is 12.6 Å². The van der Waals surface area contributed by atoms with Gasteiger partial charge in [-0.1, -0.05) is 12.1 Å². The molecule has 2 N–H and O–H groups in total. The molecule has 0 radical (unpaired) electrons. The summed E-state index contributed by atoms with van der Waals surface area (Å²) in [7, 11) is 0. The number of aliphatic imine (C=N–C) groups is 1. The Kier molecular flexibility index (Phi) is 5.99. The number of halogens is 1. The van der Waals surface area contributed by atoms with Crippen molar-refractivity contribution in [3.05, 3.63) is 35.1 Å². The van der Waals surface area contributed by atoms with E-state index in [4.69, 9.17) is 4.74 Å². The highest BCUT2D eigenvalue weighted by molar-refractivity contribution is 5.79. The summed E-state index contributed by atoms with van der Waals surface area (Å²) in [5.41, 5.74) is 1.66. The molecule has 0 spiro atoms. The van der Waals surface area contributed by atoms with Gasteiger partial charge < -0.3 is 15.4 Å². The molecule has 0 aliphatic carbocycles. The molecule has 2 rings (SSSR count). The molecule has 0 bridgehead atoms. The topological polar surface area (TPSA) is 45.7 Å². The van der Waals surface area contributed by atoms with Gasteiger partial charge in [-0.3, -0.25) is 0 Å². The Morgan fingerprint density at radius 2 is 2.29 bits per heavy atom. The number of aryl methyl sites for hydroxylation is 1. The second-order valence-electron chi connectivity index (χ2n) is 5.29. The molecule has 5 heteroatoms. The van der Waals surface area contributed by atoms with Crippen molar-refractivity contribution in [2.24, 2.45) is 4.99 Å². The van der Waals surface area contributed by atoms with E-state index in [-0.39, 0.29) is 11.9 Å². The van der Waals surface area contributed by atoms with E-state index in [2.05, 4.69) is 15.6 Å². The Morgan fingerprint density at radius 1 is 1.43 bits per heavy atom. The van der Waals surface area contributed by atoms with Crippen molar-refractivity contribution >= 4 is 5.96 Å². The van der Waals surface area contributed by atoms with Crippen molar-refractivity contribution in [2.75, 3.05) is 19.7 Å². The van der Waals surface area contributed by atoms with Gasteiger partial charge >= 0.3 is 0 Å². The van der Waals surface area contributed by atoms with Gasteiger partial charge in [0, 0.05) is 19.7 Å². The van der Waals surface area contributed by atoms with E-state index in [1.807, 2.05) is 13.0 Å². The maximum absolute atomic E-state index is 13.2. The van der Waals surface area contributed by atoms with Crippen LogP contribution in [0, 0.1) is 12.7 Å². The van der Waals surface area contributed by atoms with Crippen molar-refractivity contribution in [1.29, 1.82) is 0 Å². The minimum atomic E-state index is -0.175. The standard InChI is InChI=1S/C16H24FN3O/c1-3-18-16(20-11-14-5-4-8-21-14)19-10-13-6-7-15(17)12(2)9-13/h6-7,9,14H,3-5,8,10-11H2,1-2H3,(H2,18,19,20). The number of hydrogen-bond donors (Lipinski definition) is 2. The molecular weight excluding hydrogens is 269 g/mol. The fourth-order valence-corrected chi connectivity index (χ4v) is 2.33. The van der Waals surface area contributed by atoms with Crippen LogP contribution in [0.25, 0.3) is 0 Å². The summed E-state index contributed by atoms with van der Waals surface area (Å²) >= 11 is 0. The van der Waals surface area contributed by atoms with Gasteiger partial charge in [-0.2, -0.15) is 0 Å². The van der Waals surface area contributed by atoms with E-state index < -0.39 is 0 Å². The third-order valence-electron chi connectivity index (χ3n) is 3.51. The van der Waals surface area contributed by atoms with Crippen LogP contribution in [0.5, 0.6) is 0 Å². The largest absolute Gasteiger partial charge is 0.376 e. The van der Waals surface area contributed by atoms with Gasteiger partial charge in [0.1, 0.15) is 5.82 Å². The lowest BCUT2D eigenvalue weighted by molar-refractivity contribution is 0.114. The monoisotopic (exact) mass is 293 g/mol. The normalized spacial score (nSPS) is 18.8. The molecule has 1 aromatic rings. The molecule has 1 aromatic carbocycles. The van der Waals surface area contributed by atoms with Crippen molar-refractivity contribution < 1.29 is 9.13 Å². The smallest absolute Gasteiger partial charge is 0.191 e. The van der Waals surface area contributed by atoms with E-state index >= 15 is 0 Å². The fourth-order valence-electron chi connectivity index (χ4n) is 2.33. The second-order valence-corrected chi connectivity index (χ2v) is 5.29. The van der Waals surface area contributed by atoms with E-state index in [1.54, 1.807) is 13.0 Å². The number of nitrogens with one attached hydrogen (secondary N) is 2. The van der Waals surface area contributed by atoms with Gasteiger partial charge in [0.25, 0.3) is 0 Å². The maximum Gasteiger partial charge on any atom is 0.191 e. The Balaban J connectivity index is 1.90. The predicted molar refractivity (Wildman–Crippen MR) is 82.9 cm³/mol. The molecule has 116 valence electrons. The maximum atomic E-state index is 13.2. The quantitative estimate of drug-likeness (QED) is 0.647. The van der Waals surface area contributed by atoms with Gasteiger partial charge in [-0.15, -0.1) is 0 Å². The van der Waals surface area contributed by atoms with Crippen molar-refractivity contribution in [1.82, 2.24) is 10.6 Å². The summed E-state index contributed by atoms with van der Waals surface area (Å²) in [6.45, 7) is 6.76. The van der Waals surface area contributed by atoms with Crippen molar-refractivity contribution in [3.63, 3.8) is 0 Å². The molecule has 1 aliphatic heterocycles. The Labute approximate surface area is 125 Å². The van der Waals surface area contributed by atoms with E-state index in [1.165, 1.54) is 6.07 Å². The highest BCUT2D eigenvalue weighted by Crippen LogP contribution is 2.11. The minimum absolute atomic E-state index is 0.175. The summed E-state index contributed by atoms with van der Waals surface area (Å²) in [5.74, 6) is 0.598. The second kappa shape index (κ2) is 7.98. The molecule has 4 nitrogen and oxygen atoms in total. The fraction of sp³-hybridized carbons (Fsp3) is 0.562. The average Bonchev–Trinajstić information content (AvgIpc) is 2.99. The van der Waals surface area contributed by atoms with Gasteiger partial charge in [-0.05, 0) is 43.9 Å². The first-order chi connectivity index (χ1) is 10.2. The van der Waals surface area contributed by atoms with Crippen LogP contribution in [0.2, 0.25) is 0 Å². The summed E-state index contributed by atoms with van der Waals surface area (Å²) in [5, 5.41) is 6.51. The first-order valence-corrected chi connectivity index (χ1v) is 7.58. The van der Waals surface area contributed by atoms with E-state index in [0.717, 1.165) is 44.1 Å². The number of hydrogen-bond acceptors (Lipinski definition) is 2. The Hall–Kier alpha value is -1.62. The zero-order valence-electron chi connectivity index (χ0n) is 12.8. The molecule has 1 unspecified atom stereocenters. The summed E-state index contributed by atoms with van der Waals surface area (Å²) in [6, 6.07) is 5.10. The molecule has 0 amide bonds. The minimum Gasteiger partial charge on any atom is -0.376 e. The molecule has 1 heterocycles. The van der Waals surface area contributed by atoms with Gasteiger partial charge in [0.15, 0.2) is 5.96 Å². The number of benzene rings is 1. The van der Waals surface area contributed by atoms with Crippen molar-refractivity contribution in [3.8, 4) is 0 Å². The van der Waals surface area contributed by atoms with Gasteiger partial charge in [-0.25, -0.2) is 9.38 Å². The zero-order valence-corrected chi connectivity index (χ0v) is 12.8. The van der Waals surface area contributed by atoms with Crippen molar-refractivity contribution in [2.45, 2.75) is 39.3 Å². The predicted octanol–water partition coefficient (Wildman–Crippen LogP) is 2.37. The van der Waals surface area contributed by atoms with E-state index in [9.17, 15) is 4.39 Å². The van der Waals surface area contributed by atoms with Crippen LogP contribution >= 0.6 is 0 Å². The van der Waals surface area contributed by atoms with Crippen LogP contribution in [0.4, 0.5) is 4.39 Å². The van der Waals surface area contributed by atoms with Gasteiger partial charge in [0.2, 0.25) is 0 Å². The van der Waals surface area contributed by atoms with Crippen LogP contribution in [-0.2, 0) is 11.3 Å². The SMILES string of the molecule is CCNC(=NCc1ccc(F)c(C)c1)NCC1CCCO1. The summed E-state index contributed by atoms with van der Waals surface area (Å²) in [6.07, 6.45) is 2.51. The van der Waals surface area contributed by atoms with Crippen LogP contribution < -0.4 is 10.6 Å². The highest BCUT2D eigenvalue weighted by atomic mass is 19.1. The number of ether oxygens (including phenoxy) is 1. The molecule has 1 saturated heterocycles. The highest BCUT2D eigenvalue weighted by Gasteiger charge is 2.15. The summed E-state index contributed by atoms with van der Waals surface area (Å²) in [4.78, 5) is 4.53. The number of guanidine groups is 1. The van der Waals surface area contributed by atoms with Crippen LogP contribution in [0.3, 0.4) is 0 Å². The lowest BCUT2D eigenvalue weighted by Gasteiger charge is -2.14. The summed E-state index contributed by atoms with van der Waals surface area (Å²) < 4.78 is 18.8. The van der Waals surface area contributed by atoms with Crippen LogP contribution in [-0.4, -0.2) is 31.8 Å². The van der Waals surface area contributed by atoms with E-state index in [0.29, 0.717) is 12.1 Å². The molecule has 1 aliphatic rings. The molecular formula is C16H24FN3O. The lowest BCUT2D eigenvalue weighted by Crippen LogP contribution is -2.41. The molecule has 1 fully saturated rings. The Morgan fingerprint density at radius 3 is 2.95 bits per heavy atom. The molecule has 0 saturated carbocycles. The number of rotatable bonds is 5. The molecule has 21 heavy (non-hydrogen) atoms. The average molecular weight is 293 g/mol. The third kappa shape index (κ3) is 5.01. The van der Waals surface area contributed by atoms with Crippen LogP contribution in [0.15, 0.2) is 23.2 Å². The number of nitrogens with zero attached hydrogens (tertiary/aromatic N) is 1. The Bertz CT molecular complexity index is 484. The molecule has 1 atom stereocenters. The lowest BCUT2D eigenvalue weighted by atomic mass is 10.1.